The van der Waals surface area contributed by atoms with Crippen molar-refractivity contribution in [3.05, 3.63) is 0 Å². The molecule has 0 aromatic rings. The lowest BCUT2D eigenvalue weighted by Crippen LogP contribution is -3.06. The van der Waals surface area contributed by atoms with Crippen molar-refractivity contribution in [2.24, 2.45) is 0 Å². The van der Waals surface area contributed by atoms with Crippen LogP contribution in [0.2, 0.25) is 0 Å². The van der Waals surface area contributed by atoms with E-state index in [9.17, 15) is 43.9 Å². The Balaban J connectivity index is 2.67. The summed E-state index contributed by atoms with van der Waals surface area (Å²) >= 11 is 0. The van der Waals surface area contributed by atoms with E-state index in [4.69, 9.17) is 0 Å². The van der Waals surface area contributed by atoms with Crippen molar-refractivity contribution in [1.29, 1.82) is 0 Å². The molecule has 0 amide bonds. The Morgan fingerprint density at radius 3 is 0.562 bits per heavy atom. The monoisotopic (exact) mass is 262 g/mol. The summed E-state index contributed by atoms with van der Waals surface area (Å²) < 4.78 is 124. The van der Waals surface area contributed by atoms with Crippen LogP contribution in [0.4, 0.5) is 43.9 Å². The number of hydrogen-bond acceptors (Lipinski definition) is 0. The van der Waals surface area contributed by atoms with Crippen molar-refractivity contribution in [2.75, 3.05) is 0 Å². The van der Waals surface area contributed by atoms with Gasteiger partial charge in [-0.25, -0.2) is 8.78 Å². The highest BCUT2D eigenvalue weighted by atomic mass is 19.4. The maximum Gasteiger partial charge on any atom is 0.357 e. The first-order chi connectivity index (χ1) is 6.75. The third-order valence-corrected chi connectivity index (χ3v) is 2.99. The van der Waals surface area contributed by atoms with Gasteiger partial charge in [0.2, 0.25) is 0 Å². The summed E-state index contributed by atoms with van der Waals surface area (Å²) in [5.41, 5.74) is -11.8. The van der Waals surface area contributed by atoms with Gasteiger partial charge in [-0.3, -0.25) is 0 Å². The molecule has 2 saturated carbocycles. The first-order valence-corrected chi connectivity index (χ1v) is 3.64. The zero-order valence-corrected chi connectivity index (χ0v) is 6.78. The first-order valence-electron chi connectivity index (χ1n) is 3.64. The van der Waals surface area contributed by atoms with Gasteiger partial charge in [0.05, 0.1) is 0 Å². The third kappa shape index (κ3) is 0.518. The van der Waals surface area contributed by atoms with Crippen LogP contribution in [0.3, 0.4) is 0 Å². The van der Waals surface area contributed by atoms with E-state index >= 15 is 0 Å². The lowest BCUT2D eigenvalue weighted by atomic mass is 9.44. The van der Waals surface area contributed by atoms with Gasteiger partial charge < -0.3 is 0 Å². The van der Waals surface area contributed by atoms with E-state index in [2.05, 4.69) is 0 Å². The second-order valence-corrected chi connectivity index (χ2v) is 3.61. The van der Waals surface area contributed by atoms with E-state index in [0.29, 0.717) is 0 Å². The molecule has 2 fully saturated rings. The molecule has 0 aromatic carbocycles. The summed E-state index contributed by atoms with van der Waals surface area (Å²) in [4.78, 5) is 0. The van der Waals surface area contributed by atoms with Crippen LogP contribution in [-0.2, 0) is 0 Å². The molecule has 0 unspecified atom stereocenters. The Morgan fingerprint density at radius 2 is 0.438 bits per heavy atom. The number of alkyl halides is 10. The number of rotatable bonds is 0. The molecular formula is C6F10. The average Bonchev–Trinajstić information content (AvgIpc) is 2.12. The fourth-order valence-corrected chi connectivity index (χ4v) is 2.00. The van der Waals surface area contributed by atoms with Gasteiger partial charge in [-0.05, 0) is 0 Å². The summed E-state index contributed by atoms with van der Waals surface area (Å²) in [6.07, 6.45) is 0. The molecule has 2 rings (SSSR count). The van der Waals surface area contributed by atoms with Gasteiger partial charge in [-0.1, -0.05) is 0 Å². The molecule has 0 atom stereocenters. The largest absolute Gasteiger partial charge is 0.357 e. The molecule has 2 aliphatic carbocycles. The van der Waals surface area contributed by atoms with Crippen molar-refractivity contribution in [3.8, 4) is 0 Å². The summed E-state index contributed by atoms with van der Waals surface area (Å²) in [7, 11) is 0. The van der Waals surface area contributed by atoms with Crippen LogP contribution in [0.1, 0.15) is 0 Å². The first kappa shape index (κ1) is 11.8. The highest BCUT2D eigenvalue weighted by Gasteiger charge is 3.20. The second kappa shape index (κ2) is 2.03. The predicted octanol–water partition coefficient (Wildman–Crippen LogP) is 2.97. The van der Waals surface area contributed by atoms with Crippen LogP contribution >= 0.6 is 0 Å². The van der Waals surface area contributed by atoms with Gasteiger partial charge in [0.25, 0.3) is 11.3 Å². The molecule has 0 spiro atoms. The zero-order chi connectivity index (χ0) is 13.0. The Labute approximate surface area is 80.2 Å². The number of fused-ring (bicyclic) bond motifs is 1. The van der Waals surface area contributed by atoms with Crippen molar-refractivity contribution in [2.45, 2.75) is 35.0 Å². The molecule has 0 nitrogen and oxygen atoms in total. The highest BCUT2D eigenvalue weighted by Crippen LogP contribution is 2.85. The molecule has 10 heteroatoms. The minimum Gasteiger partial charge on any atom is -0.226 e. The van der Waals surface area contributed by atoms with Crippen molar-refractivity contribution >= 4 is 0 Å². The Morgan fingerprint density at radius 1 is 0.312 bits per heavy atom. The van der Waals surface area contributed by atoms with Gasteiger partial charge >= 0.3 is 23.7 Å². The second-order valence-electron chi connectivity index (χ2n) is 3.61. The molecule has 0 heterocycles. The van der Waals surface area contributed by atoms with Crippen molar-refractivity contribution in [3.63, 3.8) is 0 Å². The average molecular weight is 262 g/mol. The molecule has 0 bridgehead atoms. The van der Waals surface area contributed by atoms with Crippen molar-refractivity contribution < 1.29 is 43.9 Å². The van der Waals surface area contributed by atoms with Crippen LogP contribution in [-0.4, -0.2) is 35.0 Å². The maximum absolute atomic E-state index is 12.8. The number of halogens is 10. The fourth-order valence-electron chi connectivity index (χ4n) is 2.00. The van der Waals surface area contributed by atoms with E-state index in [0.717, 1.165) is 0 Å². The molecule has 0 aromatic heterocycles. The van der Waals surface area contributed by atoms with Crippen LogP contribution in [0.15, 0.2) is 0 Å². The highest BCUT2D eigenvalue weighted by molar-refractivity contribution is 5.50. The summed E-state index contributed by atoms with van der Waals surface area (Å²) in [5, 5.41) is 0. The summed E-state index contributed by atoms with van der Waals surface area (Å²) in [5.74, 6) is -24.7. The van der Waals surface area contributed by atoms with Gasteiger partial charge in [0.1, 0.15) is 0 Å². The quantitative estimate of drug-likeness (QED) is 0.589. The maximum atomic E-state index is 12.8. The fraction of sp³-hybridized carbons (Fsp3) is 1.00. The molecular weight excluding hydrogens is 262 g/mol. The molecule has 0 radical (unpaired) electrons. The molecule has 16 heavy (non-hydrogen) atoms. The molecule has 0 N–H and O–H groups in total. The van der Waals surface area contributed by atoms with Crippen LogP contribution in [0.25, 0.3) is 0 Å². The smallest absolute Gasteiger partial charge is 0.226 e. The Hall–Kier alpha value is -0.700. The van der Waals surface area contributed by atoms with Gasteiger partial charge in [0.15, 0.2) is 0 Å². The third-order valence-electron chi connectivity index (χ3n) is 2.99. The number of hydrogen-bond donors (Lipinski definition) is 0. The minimum atomic E-state index is -6.18. The van der Waals surface area contributed by atoms with E-state index in [1.807, 2.05) is 0 Å². The Bertz CT molecular complexity index is 304. The van der Waals surface area contributed by atoms with E-state index in [-0.39, 0.29) is 0 Å². The SMILES string of the molecule is FC1(F)C(F)(F)C2(F)C(F)(F)C(F)(F)C12F. The van der Waals surface area contributed by atoms with Crippen LogP contribution < -0.4 is 0 Å². The molecule has 0 aliphatic heterocycles. The Kier molecular flexibility index (Phi) is 1.49. The zero-order valence-electron chi connectivity index (χ0n) is 6.78. The molecule has 0 saturated heterocycles. The minimum absolute atomic E-state index is 5.88. The topological polar surface area (TPSA) is 0 Å². The molecule has 94 valence electrons. The summed E-state index contributed by atoms with van der Waals surface area (Å²) in [6.45, 7) is 0. The van der Waals surface area contributed by atoms with E-state index < -0.39 is 35.0 Å². The normalized spacial score (nSPS) is 49.9. The summed E-state index contributed by atoms with van der Waals surface area (Å²) in [6, 6.07) is 0. The van der Waals surface area contributed by atoms with Crippen LogP contribution in [0, 0.1) is 0 Å². The lowest BCUT2D eigenvalue weighted by Gasteiger charge is -2.70. The lowest BCUT2D eigenvalue weighted by molar-refractivity contribution is -0.593. The van der Waals surface area contributed by atoms with E-state index in [1.165, 1.54) is 0 Å². The predicted molar refractivity (Wildman–Crippen MR) is 27.5 cm³/mol. The van der Waals surface area contributed by atoms with Crippen molar-refractivity contribution in [1.82, 2.24) is 0 Å². The van der Waals surface area contributed by atoms with Gasteiger partial charge in [0, 0.05) is 0 Å². The standard InChI is InChI=1S/C6F10/c7-1-2(8,5(13,14)3(1,9)10)6(15,16)4(1,11)12. The molecule has 2 aliphatic rings. The van der Waals surface area contributed by atoms with Gasteiger partial charge in [-0.2, -0.15) is 35.1 Å². The van der Waals surface area contributed by atoms with Crippen LogP contribution in [0.5, 0.6) is 0 Å². The van der Waals surface area contributed by atoms with Gasteiger partial charge in [-0.15, -0.1) is 0 Å². The van der Waals surface area contributed by atoms with E-state index in [1.54, 1.807) is 0 Å².